The monoisotopic (exact) mass is 257 g/mol. The van der Waals surface area contributed by atoms with Crippen LogP contribution in [0, 0.1) is 19.7 Å². The maximum atomic E-state index is 13.8. The van der Waals surface area contributed by atoms with Gasteiger partial charge >= 0.3 is 0 Å². The number of benzene rings is 2. The zero-order chi connectivity index (χ0) is 13.8. The number of anilines is 1. The van der Waals surface area contributed by atoms with E-state index in [4.69, 9.17) is 0 Å². The summed E-state index contributed by atoms with van der Waals surface area (Å²) in [6, 6.07) is 13.7. The van der Waals surface area contributed by atoms with E-state index in [1.54, 1.807) is 6.07 Å². The second kappa shape index (κ2) is 5.87. The summed E-state index contributed by atoms with van der Waals surface area (Å²) < 4.78 is 13.8. The first kappa shape index (κ1) is 13.6. The second-order valence-electron chi connectivity index (χ2n) is 5.00. The Kier molecular flexibility index (Phi) is 4.20. The van der Waals surface area contributed by atoms with Crippen LogP contribution in [0.2, 0.25) is 0 Å². The molecule has 2 aromatic rings. The minimum Gasteiger partial charge on any atom is -0.376 e. The first-order valence-corrected chi connectivity index (χ1v) is 6.69. The van der Waals surface area contributed by atoms with Crippen LogP contribution in [-0.2, 0) is 0 Å². The predicted octanol–water partition coefficient (Wildman–Crippen LogP) is 5.01. The van der Waals surface area contributed by atoms with Crippen molar-refractivity contribution in [2.24, 2.45) is 0 Å². The highest BCUT2D eigenvalue weighted by Gasteiger charge is 2.11. The Bertz CT molecular complexity index is 546. The minimum absolute atomic E-state index is 0.136. The fourth-order valence-corrected chi connectivity index (χ4v) is 2.16. The number of halogens is 1. The Labute approximate surface area is 114 Å². The third kappa shape index (κ3) is 3.34. The molecule has 1 N–H and O–H groups in total. The van der Waals surface area contributed by atoms with Gasteiger partial charge in [-0.3, -0.25) is 0 Å². The molecule has 0 amide bonds. The van der Waals surface area contributed by atoms with E-state index in [2.05, 4.69) is 43.4 Å². The largest absolute Gasteiger partial charge is 0.376 e. The van der Waals surface area contributed by atoms with Crippen LogP contribution in [0.15, 0.2) is 42.5 Å². The van der Waals surface area contributed by atoms with Gasteiger partial charge in [0, 0.05) is 0 Å². The van der Waals surface area contributed by atoms with Gasteiger partial charge in [-0.1, -0.05) is 42.8 Å². The Morgan fingerprint density at radius 1 is 1.00 bits per heavy atom. The molecule has 0 heterocycles. The summed E-state index contributed by atoms with van der Waals surface area (Å²) in [5.74, 6) is -0.198. The molecule has 2 aromatic carbocycles. The van der Waals surface area contributed by atoms with Crippen molar-refractivity contribution in [3.63, 3.8) is 0 Å². The summed E-state index contributed by atoms with van der Waals surface area (Å²) in [6.07, 6.45) is 0.913. The number of hydrogen-bond acceptors (Lipinski definition) is 1. The molecule has 1 atom stereocenters. The van der Waals surface area contributed by atoms with Crippen molar-refractivity contribution in [1.82, 2.24) is 0 Å². The number of hydrogen-bond donors (Lipinski definition) is 1. The van der Waals surface area contributed by atoms with Crippen LogP contribution in [0.1, 0.15) is 36.1 Å². The van der Waals surface area contributed by atoms with E-state index in [0.717, 1.165) is 12.0 Å². The summed E-state index contributed by atoms with van der Waals surface area (Å²) in [5.41, 5.74) is 4.06. The number of aryl methyl sites for hydroxylation is 2. The molecular formula is C17H20FN. The van der Waals surface area contributed by atoms with Gasteiger partial charge in [0.1, 0.15) is 5.82 Å². The van der Waals surface area contributed by atoms with E-state index in [0.29, 0.717) is 5.69 Å². The molecule has 0 aromatic heterocycles. The standard InChI is InChI=1S/C17H20FN/c1-4-16(14-8-5-12(2)6-9-14)19-17-11-13(3)7-10-15(17)18/h5-11,16,19H,4H2,1-3H3. The Hall–Kier alpha value is -1.83. The first-order valence-electron chi connectivity index (χ1n) is 6.69. The third-order valence-corrected chi connectivity index (χ3v) is 3.34. The van der Waals surface area contributed by atoms with Gasteiger partial charge in [0.15, 0.2) is 0 Å². The lowest BCUT2D eigenvalue weighted by Crippen LogP contribution is -2.11. The van der Waals surface area contributed by atoms with E-state index in [9.17, 15) is 4.39 Å². The summed E-state index contributed by atoms with van der Waals surface area (Å²) in [5, 5.41) is 3.30. The highest BCUT2D eigenvalue weighted by Crippen LogP contribution is 2.25. The molecule has 100 valence electrons. The van der Waals surface area contributed by atoms with E-state index in [1.165, 1.54) is 17.2 Å². The highest BCUT2D eigenvalue weighted by molar-refractivity contribution is 5.49. The molecular weight excluding hydrogens is 237 g/mol. The lowest BCUT2D eigenvalue weighted by molar-refractivity contribution is 0.623. The molecule has 2 heteroatoms. The van der Waals surface area contributed by atoms with Crippen molar-refractivity contribution in [3.05, 3.63) is 65.0 Å². The van der Waals surface area contributed by atoms with Crippen LogP contribution in [-0.4, -0.2) is 0 Å². The van der Waals surface area contributed by atoms with Crippen LogP contribution < -0.4 is 5.32 Å². The molecule has 0 aliphatic heterocycles. The van der Waals surface area contributed by atoms with Crippen molar-refractivity contribution in [2.75, 3.05) is 5.32 Å². The van der Waals surface area contributed by atoms with Gasteiger partial charge in [-0.15, -0.1) is 0 Å². The first-order chi connectivity index (χ1) is 9.10. The normalized spacial score (nSPS) is 12.2. The predicted molar refractivity (Wildman–Crippen MR) is 79.0 cm³/mol. The van der Waals surface area contributed by atoms with Gasteiger partial charge in [0.2, 0.25) is 0 Å². The van der Waals surface area contributed by atoms with Crippen molar-refractivity contribution in [1.29, 1.82) is 0 Å². The number of rotatable bonds is 4. The van der Waals surface area contributed by atoms with Crippen molar-refractivity contribution >= 4 is 5.69 Å². The minimum atomic E-state index is -0.198. The molecule has 0 radical (unpaired) electrons. The SMILES string of the molecule is CCC(Nc1cc(C)ccc1F)c1ccc(C)cc1. The molecule has 0 spiro atoms. The molecule has 1 nitrogen and oxygen atoms in total. The average Bonchev–Trinajstić information content (AvgIpc) is 2.41. The van der Waals surface area contributed by atoms with Gasteiger partial charge < -0.3 is 5.32 Å². The third-order valence-electron chi connectivity index (χ3n) is 3.34. The molecule has 0 fully saturated rings. The summed E-state index contributed by atoms with van der Waals surface area (Å²) in [6.45, 7) is 6.14. The van der Waals surface area contributed by atoms with Crippen LogP contribution in [0.25, 0.3) is 0 Å². The topological polar surface area (TPSA) is 12.0 Å². The molecule has 19 heavy (non-hydrogen) atoms. The zero-order valence-corrected chi connectivity index (χ0v) is 11.7. The van der Waals surface area contributed by atoms with Crippen molar-refractivity contribution < 1.29 is 4.39 Å². The molecule has 0 aliphatic rings. The van der Waals surface area contributed by atoms with Gasteiger partial charge in [0.25, 0.3) is 0 Å². The van der Waals surface area contributed by atoms with Crippen LogP contribution >= 0.6 is 0 Å². The van der Waals surface area contributed by atoms with Crippen molar-refractivity contribution in [2.45, 2.75) is 33.2 Å². The molecule has 1 unspecified atom stereocenters. The number of nitrogens with one attached hydrogen (secondary N) is 1. The molecule has 0 aliphatic carbocycles. The van der Waals surface area contributed by atoms with Crippen molar-refractivity contribution in [3.8, 4) is 0 Å². The van der Waals surface area contributed by atoms with Crippen LogP contribution in [0.4, 0.5) is 10.1 Å². The van der Waals surface area contributed by atoms with Gasteiger partial charge in [-0.25, -0.2) is 4.39 Å². The Balaban J connectivity index is 2.23. The van der Waals surface area contributed by atoms with E-state index in [1.807, 2.05) is 13.0 Å². The van der Waals surface area contributed by atoms with Gasteiger partial charge in [-0.2, -0.15) is 0 Å². The van der Waals surface area contributed by atoms with Gasteiger partial charge in [0.05, 0.1) is 11.7 Å². The Morgan fingerprint density at radius 3 is 2.26 bits per heavy atom. The quantitative estimate of drug-likeness (QED) is 0.812. The maximum Gasteiger partial charge on any atom is 0.146 e. The summed E-state index contributed by atoms with van der Waals surface area (Å²) >= 11 is 0. The lowest BCUT2D eigenvalue weighted by Gasteiger charge is -2.19. The molecule has 2 rings (SSSR count). The Morgan fingerprint density at radius 2 is 1.63 bits per heavy atom. The van der Waals surface area contributed by atoms with E-state index < -0.39 is 0 Å². The van der Waals surface area contributed by atoms with Gasteiger partial charge in [-0.05, 0) is 43.5 Å². The zero-order valence-electron chi connectivity index (χ0n) is 11.7. The lowest BCUT2D eigenvalue weighted by atomic mass is 10.0. The molecule has 0 saturated heterocycles. The molecule has 0 saturated carbocycles. The maximum absolute atomic E-state index is 13.8. The smallest absolute Gasteiger partial charge is 0.146 e. The van der Waals surface area contributed by atoms with E-state index >= 15 is 0 Å². The van der Waals surface area contributed by atoms with Crippen LogP contribution in [0.5, 0.6) is 0 Å². The summed E-state index contributed by atoms with van der Waals surface area (Å²) in [4.78, 5) is 0. The fraction of sp³-hybridized carbons (Fsp3) is 0.294. The highest BCUT2D eigenvalue weighted by atomic mass is 19.1. The average molecular weight is 257 g/mol. The fourth-order valence-electron chi connectivity index (χ4n) is 2.16. The van der Waals surface area contributed by atoms with Crippen LogP contribution in [0.3, 0.4) is 0 Å². The van der Waals surface area contributed by atoms with E-state index in [-0.39, 0.29) is 11.9 Å². The molecule has 0 bridgehead atoms. The second-order valence-corrected chi connectivity index (χ2v) is 5.00. The summed E-state index contributed by atoms with van der Waals surface area (Å²) in [7, 11) is 0.